The lowest BCUT2D eigenvalue weighted by Crippen LogP contribution is -2.18. The Morgan fingerprint density at radius 3 is 2.75 bits per heavy atom. The van der Waals surface area contributed by atoms with E-state index in [1.165, 1.54) is 18.2 Å². The number of halogens is 2. The number of carbonyl (C=O) groups excluding carboxylic acids is 1. The van der Waals surface area contributed by atoms with Crippen molar-refractivity contribution in [3.05, 3.63) is 52.3 Å². The lowest BCUT2D eigenvalue weighted by Gasteiger charge is -2.16. The molecule has 0 saturated heterocycles. The number of aryl methyl sites for hydroxylation is 1. The Hall–Kier alpha value is -2.11. The summed E-state index contributed by atoms with van der Waals surface area (Å²) in [6, 6.07) is 7.12. The number of hydrogen-bond donors (Lipinski definition) is 2. The van der Waals surface area contributed by atoms with Gasteiger partial charge in [-0.3, -0.25) is 4.79 Å². The molecule has 128 valence electrons. The average molecular weight is 352 g/mol. The first-order valence-electron chi connectivity index (χ1n) is 7.54. The molecule has 0 saturated carbocycles. The normalized spacial score (nSPS) is 12.0. The second kappa shape index (κ2) is 7.64. The molecule has 0 aliphatic rings. The summed E-state index contributed by atoms with van der Waals surface area (Å²) < 4.78 is 19.2. The summed E-state index contributed by atoms with van der Waals surface area (Å²) in [7, 11) is 0. The second-order valence-corrected chi connectivity index (χ2v) is 5.85. The highest BCUT2D eigenvalue weighted by molar-refractivity contribution is 6.31. The molecule has 0 aliphatic carbocycles. The third-order valence-corrected chi connectivity index (χ3v) is 3.96. The smallest absolute Gasteiger partial charge is 0.307 e. The standard InChI is InChI=1S/C18H19ClFNO3/c1-3-24-16(23)9-14(21)12-7-11(8-13(19)18(12)20)17-10(2)5-4-6-15(17)22/h4-8,14,22H,3,9,21H2,1-2H3/t14-/m0/s1. The van der Waals surface area contributed by atoms with Crippen LogP contribution in [0.1, 0.15) is 30.5 Å². The van der Waals surface area contributed by atoms with Crippen molar-refractivity contribution in [1.29, 1.82) is 0 Å². The van der Waals surface area contributed by atoms with E-state index in [1.807, 2.05) is 13.0 Å². The van der Waals surface area contributed by atoms with Crippen molar-refractivity contribution in [2.75, 3.05) is 6.61 Å². The number of hydrogen-bond acceptors (Lipinski definition) is 4. The maximum Gasteiger partial charge on any atom is 0.307 e. The number of esters is 1. The summed E-state index contributed by atoms with van der Waals surface area (Å²) in [6.45, 7) is 3.74. The molecule has 4 nitrogen and oxygen atoms in total. The Balaban J connectivity index is 2.47. The van der Waals surface area contributed by atoms with Gasteiger partial charge in [-0.1, -0.05) is 23.7 Å². The van der Waals surface area contributed by atoms with Gasteiger partial charge >= 0.3 is 5.97 Å². The first-order chi connectivity index (χ1) is 11.3. The maximum atomic E-state index is 14.4. The van der Waals surface area contributed by atoms with E-state index < -0.39 is 17.8 Å². The van der Waals surface area contributed by atoms with Crippen molar-refractivity contribution >= 4 is 17.6 Å². The molecule has 0 aromatic heterocycles. The minimum atomic E-state index is -0.896. The van der Waals surface area contributed by atoms with Crippen LogP contribution < -0.4 is 5.73 Å². The van der Waals surface area contributed by atoms with Crippen LogP contribution in [0, 0.1) is 12.7 Å². The van der Waals surface area contributed by atoms with Crippen molar-refractivity contribution in [3.63, 3.8) is 0 Å². The average Bonchev–Trinajstić information content (AvgIpc) is 2.50. The largest absolute Gasteiger partial charge is 0.507 e. The van der Waals surface area contributed by atoms with E-state index in [2.05, 4.69) is 0 Å². The number of rotatable bonds is 5. The number of phenolic OH excluding ortho intramolecular Hbond substituents is 1. The van der Waals surface area contributed by atoms with Crippen molar-refractivity contribution in [2.45, 2.75) is 26.3 Å². The topological polar surface area (TPSA) is 72.5 Å². The molecule has 0 fully saturated rings. The van der Waals surface area contributed by atoms with E-state index in [0.717, 1.165) is 5.56 Å². The van der Waals surface area contributed by atoms with E-state index in [1.54, 1.807) is 13.0 Å². The third kappa shape index (κ3) is 3.86. The number of ether oxygens (including phenoxy) is 1. The Kier molecular flexibility index (Phi) is 5.80. The number of nitrogens with two attached hydrogens (primary N) is 1. The number of aromatic hydroxyl groups is 1. The van der Waals surface area contributed by atoms with Gasteiger partial charge in [0, 0.05) is 17.2 Å². The molecule has 0 radical (unpaired) electrons. The second-order valence-electron chi connectivity index (χ2n) is 5.45. The molecule has 2 aromatic rings. The van der Waals surface area contributed by atoms with Crippen LogP contribution in [0.3, 0.4) is 0 Å². The predicted molar refractivity (Wildman–Crippen MR) is 91.4 cm³/mol. The molecule has 2 rings (SSSR count). The zero-order valence-corrected chi connectivity index (χ0v) is 14.2. The fourth-order valence-corrected chi connectivity index (χ4v) is 2.79. The van der Waals surface area contributed by atoms with Gasteiger partial charge in [0.05, 0.1) is 18.1 Å². The molecule has 6 heteroatoms. The number of carbonyl (C=O) groups is 1. The lowest BCUT2D eigenvalue weighted by molar-refractivity contribution is -0.143. The van der Waals surface area contributed by atoms with E-state index >= 15 is 0 Å². The highest BCUT2D eigenvalue weighted by Gasteiger charge is 2.21. The van der Waals surface area contributed by atoms with Crippen molar-refractivity contribution in [1.82, 2.24) is 0 Å². The van der Waals surface area contributed by atoms with Crippen LogP contribution in [0.4, 0.5) is 4.39 Å². The van der Waals surface area contributed by atoms with Gasteiger partial charge in [0.25, 0.3) is 0 Å². The van der Waals surface area contributed by atoms with E-state index in [0.29, 0.717) is 11.1 Å². The SMILES string of the molecule is CCOC(=O)C[C@H](N)c1cc(-c2c(C)cccc2O)cc(Cl)c1F. The predicted octanol–water partition coefficient (Wildman–Crippen LogP) is 4.11. The molecule has 1 atom stereocenters. The molecular weight excluding hydrogens is 333 g/mol. The fourth-order valence-electron chi connectivity index (χ4n) is 2.56. The zero-order valence-electron chi connectivity index (χ0n) is 13.5. The van der Waals surface area contributed by atoms with Gasteiger partial charge in [0.2, 0.25) is 0 Å². The minimum Gasteiger partial charge on any atom is -0.507 e. The first-order valence-corrected chi connectivity index (χ1v) is 7.92. The highest BCUT2D eigenvalue weighted by Crippen LogP contribution is 2.37. The molecule has 0 unspecified atom stereocenters. The zero-order chi connectivity index (χ0) is 17.9. The molecule has 0 heterocycles. The third-order valence-electron chi connectivity index (χ3n) is 3.69. The summed E-state index contributed by atoms with van der Waals surface area (Å²) in [4.78, 5) is 11.6. The van der Waals surface area contributed by atoms with Crippen LogP contribution in [0.25, 0.3) is 11.1 Å². The van der Waals surface area contributed by atoms with E-state index in [9.17, 15) is 14.3 Å². The molecule has 3 N–H and O–H groups in total. The Morgan fingerprint density at radius 1 is 1.42 bits per heavy atom. The molecule has 24 heavy (non-hydrogen) atoms. The Labute approximate surface area is 145 Å². The number of benzene rings is 2. The Morgan fingerprint density at radius 2 is 2.12 bits per heavy atom. The number of phenols is 1. The summed E-state index contributed by atoms with van der Waals surface area (Å²) in [5, 5.41) is 9.99. The van der Waals surface area contributed by atoms with E-state index in [4.69, 9.17) is 22.1 Å². The van der Waals surface area contributed by atoms with Crippen molar-refractivity contribution in [2.24, 2.45) is 5.73 Å². The van der Waals surface area contributed by atoms with Gasteiger partial charge in [0.1, 0.15) is 11.6 Å². The van der Waals surface area contributed by atoms with Crippen LogP contribution in [0.15, 0.2) is 30.3 Å². The fraction of sp³-hybridized carbons (Fsp3) is 0.278. The molecular formula is C18H19ClFNO3. The van der Waals surface area contributed by atoms with Gasteiger partial charge in [-0.25, -0.2) is 4.39 Å². The van der Waals surface area contributed by atoms with Crippen LogP contribution >= 0.6 is 11.6 Å². The molecule has 0 aliphatic heterocycles. The molecule has 2 aromatic carbocycles. The van der Waals surface area contributed by atoms with Crippen LogP contribution in [0.2, 0.25) is 5.02 Å². The summed E-state index contributed by atoms with van der Waals surface area (Å²) in [5.74, 6) is -1.13. The summed E-state index contributed by atoms with van der Waals surface area (Å²) in [5.41, 5.74) is 7.95. The van der Waals surface area contributed by atoms with Crippen LogP contribution in [0.5, 0.6) is 5.75 Å². The molecule has 0 bridgehead atoms. The summed E-state index contributed by atoms with van der Waals surface area (Å²) >= 11 is 5.99. The first kappa shape index (κ1) is 18.2. The lowest BCUT2D eigenvalue weighted by atomic mass is 9.94. The highest BCUT2D eigenvalue weighted by atomic mass is 35.5. The molecule has 0 spiro atoms. The van der Waals surface area contributed by atoms with Crippen molar-refractivity contribution < 1.29 is 19.0 Å². The molecule has 0 amide bonds. The van der Waals surface area contributed by atoms with Gasteiger partial charge in [-0.2, -0.15) is 0 Å². The quantitative estimate of drug-likeness (QED) is 0.795. The van der Waals surface area contributed by atoms with Crippen LogP contribution in [-0.2, 0) is 9.53 Å². The van der Waals surface area contributed by atoms with Gasteiger partial charge in [0.15, 0.2) is 0 Å². The van der Waals surface area contributed by atoms with Gasteiger partial charge in [-0.15, -0.1) is 0 Å². The van der Waals surface area contributed by atoms with Gasteiger partial charge in [-0.05, 0) is 43.2 Å². The van der Waals surface area contributed by atoms with E-state index in [-0.39, 0.29) is 29.4 Å². The van der Waals surface area contributed by atoms with Crippen molar-refractivity contribution in [3.8, 4) is 16.9 Å². The van der Waals surface area contributed by atoms with Gasteiger partial charge < -0.3 is 15.6 Å². The maximum absolute atomic E-state index is 14.4. The Bertz CT molecular complexity index is 744. The summed E-state index contributed by atoms with van der Waals surface area (Å²) in [6.07, 6.45) is -0.162. The monoisotopic (exact) mass is 351 g/mol. The minimum absolute atomic E-state index is 0.0580. The van der Waals surface area contributed by atoms with Crippen LogP contribution in [-0.4, -0.2) is 17.7 Å².